The molecule has 1 N–H and O–H groups in total. The molecule has 2 aromatic rings. The van der Waals surface area contributed by atoms with Crippen LogP contribution in [-0.4, -0.2) is 11.3 Å². The van der Waals surface area contributed by atoms with E-state index in [9.17, 15) is 4.79 Å². The molecule has 0 fully saturated rings. The van der Waals surface area contributed by atoms with E-state index in [0.29, 0.717) is 5.75 Å². The third-order valence-electron chi connectivity index (χ3n) is 2.73. The molecule has 0 heterocycles. The Morgan fingerprint density at radius 2 is 1.89 bits per heavy atom. The largest absolute Gasteiger partial charge is 0.511 e. The molecule has 0 unspecified atom stereocenters. The van der Waals surface area contributed by atoms with Gasteiger partial charge in [0, 0.05) is 5.56 Å². The minimum absolute atomic E-state index is 0.367. The van der Waals surface area contributed by atoms with Crippen LogP contribution in [0.4, 0.5) is 4.79 Å². The lowest BCUT2D eigenvalue weighted by Gasteiger charge is -2.10. The van der Waals surface area contributed by atoms with Gasteiger partial charge >= 0.3 is 6.16 Å². The van der Waals surface area contributed by atoms with E-state index in [1.807, 2.05) is 42.5 Å². The minimum atomic E-state index is -1.29. The zero-order valence-electron chi connectivity index (χ0n) is 10.1. The molecule has 0 aromatic heterocycles. The van der Waals surface area contributed by atoms with E-state index in [-0.39, 0.29) is 0 Å². The number of carbonyl (C=O) groups is 1. The predicted molar refractivity (Wildman–Crippen MR) is 69.9 cm³/mol. The van der Waals surface area contributed by atoms with Crippen LogP contribution in [0.2, 0.25) is 0 Å². The molecular weight excluding hydrogens is 228 g/mol. The molecule has 0 amide bonds. The van der Waals surface area contributed by atoms with Crippen LogP contribution in [-0.2, 0) is 6.42 Å². The molecule has 0 radical (unpaired) electrons. The van der Waals surface area contributed by atoms with Crippen molar-refractivity contribution in [2.45, 2.75) is 13.3 Å². The van der Waals surface area contributed by atoms with Crippen LogP contribution in [0.5, 0.6) is 5.75 Å². The Bertz CT molecular complexity index is 547. The van der Waals surface area contributed by atoms with Gasteiger partial charge in [0.1, 0.15) is 5.75 Å². The molecule has 0 atom stereocenters. The monoisotopic (exact) mass is 242 g/mol. The lowest BCUT2D eigenvalue weighted by Crippen LogP contribution is -2.04. The van der Waals surface area contributed by atoms with Gasteiger partial charge in [0.2, 0.25) is 0 Å². The number of hydrogen-bond donors (Lipinski definition) is 1. The summed E-state index contributed by atoms with van der Waals surface area (Å²) in [5.41, 5.74) is 2.90. The van der Waals surface area contributed by atoms with Gasteiger partial charge in [0.25, 0.3) is 0 Å². The molecule has 0 aliphatic heterocycles. The topological polar surface area (TPSA) is 46.5 Å². The molecule has 3 nitrogen and oxygen atoms in total. The highest BCUT2D eigenvalue weighted by molar-refractivity contribution is 5.74. The fourth-order valence-electron chi connectivity index (χ4n) is 1.82. The van der Waals surface area contributed by atoms with E-state index in [1.54, 1.807) is 6.07 Å². The molecule has 0 bridgehead atoms. The summed E-state index contributed by atoms with van der Waals surface area (Å²) in [6.45, 7) is 2.06. The Morgan fingerprint density at radius 3 is 2.50 bits per heavy atom. The zero-order chi connectivity index (χ0) is 13.0. The number of benzene rings is 2. The molecule has 2 rings (SSSR count). The van der Waals surface area contributed by atoms with Crippen molar-refractivity contribution in [3.8, 4) is 16.9 Å². The van der Waals surface area contributed by atoms with Crippen LogP contribution in [0.1, 0.15) is 12.5 Å². The van der Waals surface area contributed by atoms with Crippen LogP contribution >= 0.6 is 0 Å². The van der Waals surface area contributed by atoms with Gasteiger partial charge < -0.3 is 9.84 Å². The van der Waals surface area contributed by atoms with E-state index in [2.05, 4.69) is 6.92 Å². The molecule has 0 aliphatic rings. The zero-order valence-corrected chi connectivity index (χ0v) is 10.1. The third-order valence-corrected chi connectivity index (χ3v) is 2.73. The molecule has 0 saturated carbocycles. The lowest BCUT2D eigenvalue weighted by molar-refractivity contribution is 0.144. The normalized spacial score (nSPS) is 10.1. The summed E-state index contributed by atoms with van der Waals surface area (Å²) < 4.78 is 4.82. The van der Waals surface area contributed by atoms with Crippen molar-refractivity contribution in [2.75, 3.05) is 0 Å². The van der Waals surface area contributed by atoms with Crippen LogP contribution in [0.3, 0.4) is 0 Å². The summed E-state index contributed by atoms with van der Waals surface area (Å²) in [4.78, 5) is 10.7. The van der Waals surface area contributed by atoms with Crippen molar-refractivity contribution in [2.24, 2.45) is 0 Å². The Kier molecular flexibility index (Phi) is 3.63. The van der Waals surface area contributed by atoms with Crippen LogP contribution in [0.25, 0.3) is 11.1 Å². The Morgan fingerprint density at radius 1 is 1.17 bits per heavy atom. The Balaban J connectivity index is 2.51. The van der Waals surface area contributed by atoms with Gasteiger partial charge in [-0.15, -0.1) is 0 Å². The van der Waals surface area contributed by atoms with Gasteiger partial charge in [0.15, 0.2) is 0 Å². The number of rotatable bonds is 3. The highest BCUT2D eigenvalue weighted by Crippen LogP contribution is 2.31. The van der Waals surface area contributed by atoms with Crippen molar-refractivity contribution in [1.29, 1.82) is 0 Å². The quantitative estimate of drug-likeness (QED) is 0.654. The third kappa shape index (κ3) is 2.69. The second-order valence-corrected chi connectivity index (χ2v) is 3.92. The molecule has 18 heavy (non-hydrogen) atoms. The van der Waals surface area contributed by atoms with Crippen molar-refractivity contribution in [1.82, 2.24) is 0 Å². The average molecular weight is 242 g/mol. The van der Waals surface area contributed by atoms with E-state index in [1.165, 1.54) is 0 Å². The average Bonchev–Trinajstić information content (AvgIpc) is 2.39. The fourth-order valence-corrected chi connectivity index (χ4v) is 1.82. The van der Waals surface area contributed by atoms with E-state index >= 15 is 0 Å². The summed E-state index contributed by atoms with van der Waals surface area (Å²) in [7, 11) is 0. The molecule has 92 valence electrons. The van der Waals surface area contributed by atoms with Gasteiger partial charge in [-0.05, 0) is 29.7 Å². The molecule has 0 saturated heterocycles. The fraction of sp³-hybridized carbons (Fsp3) is 0.133. The standard InChI is InChI=1S/C15H14O3/c1-2-11-8-9-14(18-15(16)17)13(10-11)12-6-4-3-5-7-12/h3-10H,2H2,1H3,(H,16,17). The van der Waals surface area contributed by atoms with E-state index in [0.717, 1.165) is 23.1 Å². The first-order valence-electron chi connectivity index (χ1n) is 5.80. The van der Waals surface area contributed by atoms with Gasteiger partial charge in [-0.2, -0.15) is 0 Å². The maximum atomic E-state index is 10.7. The number of carboxylic acid groups (broad SMARTS) is 1. The minimum Gasteiger partial charge on any atom is -0.449 e. The summed E-state index contributed by atoms with van der Waals surface area (Å²) >= 11 is 0. The van der Waals surface area contributed by atoms with E-state index in [4.69, 9.17) is 9.84 Å². The summed E-state index contributed by atoms with van der Waals surface area (Å²) in [6, 6.07) is 15.2. The highest BCUT2D eigenvalue weighted by Gasteiger charge is 2.10. The Hall–Kier alpha value is -2.29. The van der Waals surface area contributed by atoms with Gasteiger partial charge in [0.05, 0.1) is 0 Å². The maximum Gasteiger partial charge on any atom is 0.511 e. The first-order chi connectivity index (χ1) is 8.70. The molecule has 2 aromatic carbocycles. The van der Waals surface area contributed by atoms with E-state index < -0.39 is 6.16 Å². The number of ether oxygens (including phenoxy) is 1. The van der Waals surface area contributed by atoms with Crippen LogP contribution in [0.15, 0.2) is 48.5 Å². The molecule has 0 aliphatic carbocycles. The Labute approximate surface area is 106 Å². The first kappa shape index (κ1) is 12.2. The summed E-state index contributed by atoms with van der Waals surface area (Å²) in [5.74, 6) is 0.367. The van der Waals surface area contributed by atoms with Crippen LogP contribution < -0.4 is 4.74 Å². The number of hydrogen-bond acceptors (Lipinski definition) is 2. The second-order valence-electron chi connectivity index (χ2n) is 3.92. The SMILES string of the molecule is CCc1ccc(OC(=O)O)c(-c2ccccc2)c1. The summed E-state index contributed by atoms with van der Waals surface area (Å²) in [5, 5.41) is 8.74. The predicted octanol–water partition coefficient (Wildman–Crippen LogP) is 3.97. The van der Waals surface area contributed by atoms with Gasteiger partial charge in [-0.3, -0.25) is 0 Å². The van der Waals surface area contributed by atoms with Crippen molar-refractivity contribution < 1.29 is 14.6 Å². The van der Waals surface area contributed by atoms with Gasteiger partial charge in [-0.1, -0.05) is 43.3 Å². The second kappa shape index (κ2) is 5.36. The van der Waals surface area contributed by atoms with Crippen molar-refractivity contribution in [3.05, 3.63) is 54.1 Å². The molecule has 0 spiro atoms. The van der Waals surface area contributed by atoms with Crippen LogP contribution in [0, 0.1) is 0 Å². The summed E-state index contributed by atoms with van der Waals surface area (Å²) in [6.07, 6.45) is -0.399. The number of aryl methyl sites for hydroxylation is 1. The van der Waals surface area contributed by atoms with Crippen molar-refractivity contribution in [3.63, 3.8) is 0 Å². The molecular formula is C15H14O3. The van der Waals surface area contributed by atoms with Gasteiger partial charge in [-0.25, -0.2) is 4.79 Å². The highest BCUT2D eigenvalue weighted by atomic mass is 16.7. The first-order valence-corrected chi connectivity index (χ1v) is 5.80. The van der Waals surface area contributed by atoms with Crippen molar-refractivity contribution >= 4 is 6.16 Å². The molecule has 3 heteroatoms. The lowest BCUT2D eigenvalue weighted by atomic mass is 10.0. The maximum absolute atomic E-state index is 10.7. The smallest absolute Gasteiger partial charge is 0.449 e.